The summed E-state index contributed by atoms with van der Waals surface area (Å²) in [6, 6.07) is 8.00. The SMILES string of the molecule is CCc1ccc(N2CC(C(=O)NCC(C)C)CC2=O)cc1. The van der Waals surface area contributed by atoms with E-state index in [1.807, 2.05) is 24.3 Å². The Morgan fingerprint density at radius 3 is 2.57 bits per heavy atom. The minimum absolute atomic E-state index is 0.00951. The fourth-order valence-electron chi connectivity index (χ4n) is 2.49. The molecule has 0 aliphatic carbocycles. The van der Waals surface area contributed by atoms with E-state index < -0.39 is 0 Å². The maximum Gasteiger partial charge on any atom is 0.227 e. The van der Waals surface area contributed by atoms with Crippen LogP contribution in [0.3, 0.4) is 0 Å². The van der Waals surface area contributed by atoms with E-state index in [4.69, 9.17) is 0 Å². The molecule has 0 radical (unpaired) electrons. The number of benzene rings is 1. The van der Waals surface area contributed by atoms with Crippen molar-refractivity contribution in [3.8, 4) is 0 Å². The van der Waals surface area contributed by atoms with Crippen LogP contribution in [-0.2, 0) is 16.0 Å². The summed E-state index contributed by atoms with van der Waals surface area (Å²) in [7, 11) is 0. The van der Waals surface area contributed by atoms with Gasteiger partial charge >= 0.3 is 0 Å². The number of carbonyl (C=O) groups excluding carboxylic acids is 2. The predicted octanol–water partition coefficient (Wildman–Crippen LogP) is 2.37. The van der Waals surface area contributed by atoms with Crippen molar-refractivity contribution in [3.63, 3.8) is 0 Å². The summed E-state index contributed by atoms with van der Waals surface area (Å²) in [5.41, 5.74) is 2.13. The van der Waals surface area contributed by atoms with Gasteiger partial charge in [-0.2, -0.15) is 0 Å². The smallest absolute Gasteiger partial charge is 0.227 e. The summed E-state index contributed by atoms with van der Waals surface area (Å²) in [5, 5.41) is 2.92. The molecule has 1 aromatic carbocycles. The minimum Gasteiger partial charge on any atom is -0.356 e. The van der Waals surface area contributed by atoms with Crippen LogP contribution in [0.4, 0.5) is 5.69 Å². The molecule has 21 heavy (non-hydrogen) atoms. The Bertz CT molecular complexity index is 508. The van der Waals surface area contributed by atoms with E-state index in [9.17, 15) is 9.59 Å². The molecular formula is C17H24N2O2. The molecule has 0 bridgehead atoms. The third kappa shape index (κ3) is 3.84. The second-order valence-corrected chi connectivity index (χ2v) is 6.06. The summed E-state index contributed by atoms with van der Waals surface area (Å²) in [6.07, 6.45) is 1.29. The Hall–Kier alpha value is -1.84. The molecule has 1 aromatic rings. The number of hydrogen-bond acceptors (Lipinski definition) is 2. The van der Waals surface area contributed by atoms with Gasteiger partial charge in [-0.05, 0) is 30.0 Å². The van der Waals surface area contributed by atoms with Crippen LogP contribution in [0.15, 0.2) is 24.3 Å². The van der Waals surface area contributed by atoms with Crippen molar-refractivity contribution in [2.45, 2.75) is 33.6 Å². The first-order chi connectivity index (χ1) is 10.0. The zero-order chi connectivity index (χ0) is 15.4. The largest absolute Gasteiger partial charge is 0.356 e. The van der Waals surface area contributed by atoms with Gasteiger partial charge < -0.3 is 10.2 Å². The molecule has 4 heteroatoms. The number of nitrogens with one attached hydrogen (secondary N) is 1. The van der Waals surface area contributed by atoms with Crippen LogP contribution in [0.5, 0.6) is 0 Å². The highest BCUT2D eigenvalue weighted by Crippen LogP contribution is 2.25. The number of amides is 2. The molecule has 1 fully saturated rings. The molecule has 1 aliphatic rings. The third-order valence-electron chi connectivity index (χ3n) is 3.84. The molecule has 0 aromatic heterocycles. The maximum atomic E-state index is 12.1. The second kappa shape index (κ2) is 6.74. The van der Waals surface area contributed by atoms with Gasteiger partial charge in [-0.1, -0.05) is 32.9 Å². The molecule has 2 amide bonds. The van der Waals surface area contributed by atoms with E-state index in [1.165, 1.54) is 5.56 Å². The Kier molecular flexibility index (Phi) is 4.99. The van der Waals surface area contributed by atoms with Crippen LogP contribution in [-0.4, -0.2) is 24.9 Å². The van der Waals surface area contributed by atoms with Gasteiger partial charge in [0.15, 0.2) is 0 Å². The van der Waals surface area contributed by atoms with Crippen molar-refractivity contribution in [3.05, 3.63) is 29.8 Å². The lowest BCUT2D eigenvalue weighted by atomic mass is 10.1. The first-order valence-electron chi connectivity index (χ1n) is 7.68. The Balaban J connectivity index is 2.00. The van der Waals surface area contributed by atoms with Crippen LogP contribution in [0, 0.1) is 11.8 Å². The number of aryl methyl sites for hydroxylation is 1. The number of carbonyl (C=O) groups is 2. The molecule has 2 rings (SSSR count). The van der Waals surface area contributed by atoms with Gasteiger partial charge in [0.25, 0.3) is 0 Å². The molecule has 1 unspecified atom stereocenters. The Labute approximate surface area is 126 Å². The molecule has 1 saturated heterocycles. The second-order valence-electron chi connectivity index (χ2n) is 6.06. The average molecular weight is 288 g/mol. The van der Waals surface area contributed by atoms with Crippen LogP contribution in [0.1, 0.15) is 32.8 Å². The molecule has 0 saturated carbocycles. The standard InChI is InChI=1S/C17H24N2O2/c1-4-13-5-7-15(8-6-13)19-11-14(9-16(19)20)17(21)18-10-12(2)3/h5-8,12,14H,4,9-11H2,1-3H3,(H,18,21). The van der Waals surface area contributed by atoms with E-state index in [0.717, 1.165) is 12.1 Å². The lowest BCUT2D eigenvalue weighted by Gasteiger charge is -2.17. The van der Waals surface area contributed by atoms with Gasteiger partial charge in [0.05, 0.1) is 5.92 Å². The molecular weight excluding hydrogens is 264 g/mol. The van der Waals surface area contributed by atoms with Gasteiger partial charge in [0, 0.05) is 25.2 Å². The maximum absolute atomic E-state index is 12.1. The highest BCUT2D eigenvalue weighted by molar-refractivity contribution is 6.00. The van der Waals surface area contributed by atoms with E-state index in [0.29, 0.717) is 25.4 Å². The van der Waals surface area contributed by atoms with Crippen LogP contribution in [0.2, 0.25) is 0 Å². The zero-order valence-corrected chi connectivity index (χ0v) is 13.1. The molecule has 1 N–H and O–H groups in total. The van der Waals surface area contributed by atoms with Crippen molar-refractivity contribution in [1.82, 2.24) is 5.32 Å². The molecule has 4 nitrogen and oxygen atoms in total. The lowest BCUT2D eigenvalue weighted by molar-refractivity contribution is -0.126. The third-order valence-corrected chi connectivity index (χ3v) is 3.84. The monoisotopic (exact) mass is 288 g/mol. The highest BCUT2D eigenvalue weighted by Gasteiger charge is 2.34. The fourth-order valence-corrected chi connectivity index (χ4v) is 2.49. The minimum atomic E-state index is -0.234. The fraction of sp³-hybridized carbons (Fsp3) is 0.529. The summed E-state index contributed by atoms with van der Waals surface area (Å²) in [5.74, 6) is 0.208. The van der Waals surface area contributed by atoms with Gasteiger partial charge in [0.1, 0.15) is 0 Å². The van der Waals surface area contributed by atoms with Gasteiger partial charge in [0.2, 0.25) is 11.8 Å². The summed E-state index contributed by atoms with van der Waals surface area (Å²) in [4.78, 5) is 25.9. The number of rotatable bonds is 5. The quantitative estimate of drug-likeness (QED) is 0.904. The summed E-state index contributed by atoms with van der Waals surface area (Å²) < 4.78 is 0. The topological polar surface area (TPSA) is 49.4 Å². The molecule has 0 spiro atoms. The molecule has 1 heterocycles. The van der Waals surface area contributed by atoms with Crippen molar-refractivity contribution < 1.29 is 9.59 Å². The van der Waals surface area contributed by atoms with Gasteiger partial charge in [-0.3, -0.25) is 9.59 Å². The average Bonchev–Trinajstić information content (AvgIpc) is 2.87. The zero-order valence-electron chi connectivity index (χ0n) is 13.1. The van der Waals surface area contributed by atoms with Crippen molar-refractivity contribution in [2.24, 2.45) is 11.8 Å². The Morgan fingerprint density at radius 2 is 2.00 bits per heavy atom. The summed E-state index contributed by atoms with van der Waals surface area (Å²) >= 11 is 0. The lowest BCUT2D eigenvalue weighted by Crippen LogP contribution is -2.35. The molecule has 1 aliphatic heterocycles. The van der Waals surface area contributed by atoms with Crippen LogP contribution < -0.4 is 10.2 Å². The van der Waals surface area contributed by atoms with E-state index in [2.05, 4.69) is 26.1 Å². The Morgan fingerprint density at radius 1 is 1.33 bits per heavy atom. The predicted molar refractivity (Wildman–Crippen MR) is 84.1 cm³/mol. The number of anilines is 1. The van der Waals surface area contributed by atoms with Crippen molar-refractivity contribution in [1.29, 1.82) is 0 Å². The van der Waals surface area contributed by atoms with Crippen LogP contribution in [0.25, 0.3) is 0 Å². The van der Waals surface area contributed by atoms with Crippen molar-refractivity contribution in [2.75, 3.05) is 18.0 Å². The number of nitrogens with zero attached hydrogens (tertiary/aromatic N) is 1. The van der Waals surface area contributed by atoms with E-state index in [-0.39, 0.29) is 17.7 Å². The van der Waals surface area contributed by atoms with Crippen LogP contribution >= 0.6 is 0 Å². The summed E-state index contributed by atoms with van der Waals surface area (Å²) in [6.45, 7) is 7.36. The number of hydrogen-bond donors (Lipinski definition) is 1. The van der Waals surface area contributed by atoms with Gasteiger partial charge in [-0.25, -0.2) is 0 Å². The highest BCUT2D eigenvalue weighted by atomic mass is 16.2. The van der Waals surface area contributed by atoms with Gasteiger partial charge in [-0.15, -0.1) is 0 Å². The van der Waals surface area contributed by atoms with Crippen molar-refractivity contribution >= 4 is 17.5 Å². The van der Waals surface area contributed by atoms with E-state index >= 15 is 0 Å². The molecule has 114 valence electrons. The molecule has 1 atom stereocenters. The normalized spacial score (nSPS) is 18.4. The first-order valence-corrected chi connectivity index (χ1v) is 7.68. The first kappa shape index (κ1) is 15.5. The van der Waals surface area contributed by atoms with E-state index in [1.54, 1.807) is 4.90 Å².